The molecule has 26 heavy (non-hydrogen) atoms. The van der Waals surface area contributed by atoms with E-state index >= 15 is 0 Å². The van der Waals surface area contributed by atoms with E-state index in [-0.39, 0.29) is 22.1 Å². The first-order valence-electron chi connectivity index (χ1n) is 7.85. The summed E-state index contributed by atoms with van der Waals surface area (Å²) in [7, 11) is 1.22. The van der Waals surface area contributed by atoms with Gasteiger partial charge < -0.3 is 19.5 Å². The van der Waals surface area contributed by atoms with E-state index in [1.165, 1.54) is 12.0 Å². The van der Waals surface area contributed by atoms with Crippen LogP contribution in [-0.4, -0.2) is 32.8 Å². The molecular weight excluding hydrogens is 376 g/mol. The number of hydrogen-bond donors (Lipinski definition) is 2. The molecule has 3 aromatic rings. The summed E-state index contributed by atoms with van der Waals surface area (Å²) in [4.78, 5) is 17.6. The van der Waals surface area contributed by atoms with E-state index in [2.05, 4.69) is 4.98 Å². The molecule has 0 aliphatic rings. The van der Waals surface area contributed by atoms with Crippen molar-refractivity contribution in [3.8, 4) is 11.5 Å². The highest BCUT2D eigenvalue weighted by atomic mass is 35.5. The zero-order valence-electron chi connectivity index (χ0n) is 14.0. The molecule has 0 amide bonds. The number of halogens is 1. The molecule has 0 radical (unpaired) electrons. The number of aryl methyl sites for hydroxylation is 1. The zero-order chi connectivity index (χ0) is 18.7. The Labute approximate surface area is 159 Å². The average molecular weight is 393 g/mol. The number of rotatable bonds is 6. The fraction of sp³-hybridized carbons (Fsp3) is 0.222. The van der Waals surface area contributed by atoms with Gasteiger partial charge in [0.2, 0.25) is 0 Å². The number of carbonyl (C=O) groups is 1. The summed E-state index contributed by atoms with van der Waals surface area (Å²) in [5.74, 6) is -0.543. The molecule has 0 atom stereocenters. The molecule has 0 aliphatic carbocycles. The maximum absolute atomic E-state index is 12.0. The summed E-state index contributed by atoms with van der Waals surface area (Å²) in [6.45, 7) is 0.704. The van der Waals surface area contributed by atoms with E-state index in [9.17, 15) is 15.0 Å². The summed E-state index contributed by atoms with van der Waals surface area (Å²) in [5.41, 5.74) is 0.299. The first kappa shape index (κ1) is 18.3. The number of imidazole rings is 1. The number of phenols is 2. The molecule has 0 saturated carbocycles. The zero-order valence-corrected chi connectivity index (χ0v) is 15.5. The lowest BCUT2D eigenvalue weighted by Gasteiger charge is -2.13. The van der Waals surface area contributed by atoms with Crippen LogP contribution in [0, 0.1) is 0 Å². The van der Waals surface area contributed by atoms with E-state index in [1.54, 1.807) is 17.5 Å². The number of methoxy groups -OCH3 is 1. The molecule has 136 valence electrons. The van der Waals surface area contributed by atoms with Crippen molar-refractivity contribution in [3.63, 3.8) is 0 Å². The van der Waals surface area contributed by atoms with Gasteiger partial charge in [-0.2, -0.15) is 0 Å². The van der Waals surface area contributed by atoms with Gasteiger partial charge in [-0.05, 0) is 23.4 Å². The van der Waals surface area contributed by atoms with Crippen molar-refractivity contribution in [3.05, 3.63) is 62.8 Å². The molecule has 0 fully saturated rings. The van der Waals surface area contributed by atoms with E-state index in [1.807, 2.05) is 28.3 Å². The van der Waals surface area contributed by atoms with Crippen LogP contribution in [0.5, 0.6) is 11.5 Å². The molecule has 8 heteroatoms. The number of aromatic nitrogens is 2. The van der Waals surface area contributed by atoms with Gasteiger partial charge in [-0.3, -0.25) is 0 Å². The lowest BCUT2D eigenvalue weighted by molar-refractivity contribution is 0.0596. The molecule has 0 saturated heterocycles. The summed E-state index contributed by atoms with van der Waals surface area (Å²) in [5, 5.41) is 22.0. The Hall–Kier alpha value is -2.51. The number of ether oxygens (including phenoxy) is 1. The Morgan fingerprint density at radius 1 is 1.35 bits per heavy atom. The Balaban J connectivity index is 1.87. The molecule has 0 unspecified atom stereocenters. The Kier molecular flexibility index (Phi) is 5.49. The van der Waals surface area contributed by atoms with Gasteiger partial charge in [0.1, 0.15) is 22.9 Å². The molecule has 1 aromatic carbocycles. The van der Waals surface area contributed by atoms with Crippen LogP contribution in [0.3, 0.4) is 0 Å². The maximum Gasteiger partial charge on any atom is 0.341 e. The van der Waals surface area contributed by atoms with E-state index < -0.39 is 5.97 Å². The van der Waals surface area contributed by atoms with Gasteiger partial charge in [-0.1, -0.05) is 17.7 Å². The Morgan fingerprint density at radius 2 is 2.15 bits per heavy atom. The van der Waals surface area contributed by atoms with Crippen molar-refractivity contribution < 1.29 is 19.7 Å². The van der Waals surface area contributed by atoms with Crippen LogP contribution in [0.1, 0.15) is 26.6 Å². The van der Waals surface area contributed by atoms with Crippen molar-refractivity contribution in [1.29, 1.82) is 0 Å². The molecule has 0 spiro atoms. The number of carbonyl (C=O) groups excluding carboxylic acids is 1. The number of aromatic hydroxyl groups is 2. The first-order chi connectivity index (χ1) is 12.5. The van der Waals surface area contributed by atoms with Gasteiger partial charge in [-0.15, -0.1) is 11.3 Å². The Bertz CT molecular complexity index is 922. The quantitative estimate of drug-likeness (QED) is 0.626. The highest BCUT2D eigenvalue weighted by Crippen LogP contribution is 2.37. The highest BCUT2D eigenvalue weighted by molar-refractivity contribution is 7.09. The minimum absolute atomic E-state index is 0.0274. The molecule has 0 bridgehead atoms. The van der Waals surface area contributed by atoms with Crippen molar-refractivity contribution >= 4 is 28.9 Å². The monoisotopic (exact) mass is 392 g/mol. The van der Waals surface area contributed by atoms with Crippen LogP contribution in [-0.2, 0) is 24.1 Å². The number of phenolic OH excluding ortho intramolecular Hbond substituents is 2. The second kappa shape index (κ2) is 7.80. The maximum atomic E-state index is 12.0. The van der Waals surface area contributed by atoms with Crippen LogP contribution in [0.25, 0.3) is 0 Å². The van der Waals surface area contributed by atoms with E-state index in [0.717, 1.165) is 11.9 Å². The minimum Gasteiger partial charge on any atom is -0.507 e. The molecule has 0 aliphatic heterocycles. The van der Waals surface area contributed by atoms with E-state index in [0.29, 0.717) is 24.9 Å². The highest BCUT2D eigenvalue weighted by Gasteiger charge is 2.23. The summed E-state index contributed by atoms with van der Waals surface area (Å²) in [6.07, 6.45) is 4.39. The van der Waals surface area contributed by atoms with Crippen LogP contribution >= 0.6 is 22.9 Å². The third-order valence-corrected chi connectivity index (χ3v) is 5.30. The number of hydrogen-bond acceptors (Lipinski definition) is 6. The van der Waals surface area contributed by atoms with Crippen LogP contribution in [0.15, 0.2) is 36.0 Å². The lowest BCUT2D eigenvalue weighted by Crippen LogP contribution is -2.10. The SMILES string of the molecule is COC(=O)c1c(O)cc(O)c(Cl)c1CCc1nccn1Cc1cccs1. The lowest BCUT2D eigenvalue weighted by atomic mass is 10.0. The topological polar surface area (TPSA) is 84.6 Å². The summed E-state index contributed by atoms with van der Waals surface area (Å²) < 4.78 is 6.74. The largest absolute Gasteiger partial charge is 0.507 e. The number of benzene rings is 1. The van der Waals surface area contributed by atoms with Gasteiger partial charge >= 0.3 is 5.97 Å². The molecule has 3 rings (SSSR count). The fourth-order valence-corrected chi connectivity index (χ4v) is 3.71. The van der Waals surface area contributed by atoms with E-state index in [4.69, 9.17) is 16.3 Å². The van der Waals surface area contributed by atoms with Gasteiger partial charge in [0.25, 0.3) is 0 Å². The van der Waals surface area contributed by atoms with Crippen molar-refractivity contribution in [2.45, 2.75) is 19.4 Å². The summed E-state index contributed by atoms with van der Waals surface area (Å²) >= 11 is 7.84. The third kappa shape index (κ3) is 3.68. The normalized spacial score (nSPS) is 10.8. The van der Waals surface area contributed by atoms with Crippen LogP contribution < -0.4 is 0 Å². The van der Waals surface area contributed by atoms with Crippen molar-refractivity contribution in [1.82, 2.24) is 9.55 Å². The molecule has 2 N–H and O–H groups in total. The predicted molar refractivity (Wildman–Crippen MR) is 99.2 cm³/mol. The molecular formula is C18H17ClN2O4S. The van der Waals surface area contributed by atoms with Gasteiger partial charge in [0, 0.05) is 29.8 Å². The smallest absolute Gasteiger partial charge is 0.341 e. The number of esters is 1. The standard InChI is InChI=1S/C18H17ClN2O4S/c1-25-18(24)16-12(17(19)14(23)9-13(16)22)4-5-15-20-6-7-21(15)10-11-3-2-8-26-11/h2-3,6-9,22-23H,4-5,10H2,1H3. The van der Waals surface area contributed by atoms with Crippen molar-refractivity contribution in [2.75, 3.05) is 7.11 Å². The number of nitrogens with zero attached hydrogens (tertiary/aromatic N) is 2. The van der Waals surface area contributed by atoms with Gasteiger partial charge in [0.05, 0.1) is 18.7 Å². The number of thiophene rings is 1. The fourth-order valence-electron chi connectivity index (χ4n) is 2.77. The van der Waals surface area contributed by atoms with Gasteiger partial charge in [-0.25, -0.2) is 9.78 Å². The van der Waals surface area contributed by atoms with Crippen LogP contribution in [0.4, 0.5) is 0 Å². The van der Waals surface area contributed by atoms with Gasteiger partial charge in [0.15, 0.2) is 0 Å². The van der Waals surface area contributed by atoms with Crippen molar-refractivity contribution in [2.24, 2.45) is 0 Å². The second-order valence-electron chi connectivity index (χ2n) is 5.62. The molecule has 6 nitrogen and oxygen atoms in total. The summed E-state index contributed by atoms with van der Waals surface area (Å²) in [6, 6.07) is 5.08. The first-order valence-corrected chi connectivity index (χ1v) is 9.11. The Morgan fingerprint density at radius 3 is 2.85 bits per heavy atom. The predicted octanol–water partition coefficient (Wildman–Crippen LogP) is 3.63. The second-order valence-corrected chi connectivity index (χ2v) is 7.03. The molecule has 2 heterocycles. The molecule has 2 aromatic heterocycles. The third-order valence-electron chi connectivity index (χ3n) is 4.02. The average Bonchev–Trinajstić information content (AvgIpc) is 3.28. The van der Waals surface area contributed by atoms with Crippen LogP contribution in [0.2, 0.25) is 5.02 Å². The minimum atomic E-state index is -0.707.